The minimum atomic E-state index is -1.10. The number of nitrogens with one attached hydrogen (secondary N) is 2. The van der Waals surface area contributed by atoms with Gasteiger partial charge in [0, 0.05) is 19.1 Å². The quantitative estimate of drug-likeness (QED) is 0.310. The SMILES string of the molecule is COc1cc(C(=O)NNC(=O)[C@H](C)OC2CCCCO2)c(Cl)c(O)c1C(=O)[C@H]1C(O)=CC(=O)C[C@H]1C. The second-order valence-electron chi connectivity index (χ2n) is 8.74. The summed E-state index contributed by atoms with van der Waals surface area (Å²) in [6.07, 6.45) is 2.09. The first-order valence-electron chi connectivity index (χ1n) is 11.5. The molecule has 4 N–H and O–H groups in total. The van der Waals surface area contributed by atoms with Gasteiger partial charge >= 0.3 is 0 Å². The molecule has 0 saturated carbocycles. The van der Waals surface area contributed by atoms with Crippen LogP contribution in [0.3, 0.4) is 0 Å². The van der Waals surface area contributed by atoms with Gasteiger partial charge in [0.2, 0.25) is 0 Å². The molecule has 2 aliphatic rings. The van der Waals surface area contributed by atoms with Crippen molar-refractivity contribution >= 4 is 35.0 Å². The van der Waals surface area contributed by atoms with E-state index >= 15 is 0 Å². The summed E-state index contributed by atoms with van der Waals surface area (Å²) in [7, 11) is 1.22. The minimum Gasteiger partial charge on any atom is -0.511 e. The Morgan fingerprint density at radius 1 is 1.22 bits per heavy atom. The number of rotatable bonds is 7. The molecule has 1 saturated heterocycles. The smallest absolute Gasteiger partial charge is 0.271 e. The van der Waals surface area contributed by atoms with E-state index in [4.69, 9.17) is 25.8 Å². The van der Waals surface area contributed by atoms with E-state index in [0.717, 1.165) is 25.0 Å². The lowest BCUT2D eigenvalue weighted by molar-refractivity contribution is -0.189. The van der Waals surface area contributed by atoms with Gasteiger partial charge in [-0.15, -0.1) is 0 Å². The minimum absolute atomic E-state index is 0.0342. The molecule has 2 amide bonds. The van der Waals surface area contributed by atoms with Crippen LogP contribution >= 0.6 is 11.6 Å². The second kappa shape index (κ2) is 11.7. The number of aromatic hydroxyl groups is 1. The van der Waals surface area contributed by atoms with E-state index < -0.39 is 58.4 Å². The Morgan fingerprint density at radius 3 is 2.56 bits per heavy atom. The number of halogens is 1. The van der Waals surface area contributed by atoms with Crippen molar-refractivity contribution in [3.8, 4) is 11.5 Å². The molecule has 0 spiro atoms. The van der Waals surface area contributed by atoms with E-state index in [0.29, 0.717) is 13.0 Å². The molecule has 1 fully saturated rings. The number of ketones is 2. The fraction of sp³-hybridized carbons (Fsp3) is 0.500. The molecule has 0 radical (unpaired) electrons. The van der Waals surface area contributed by atoms with Crippen LogP contribution in [0.1, 0.15) is 60.2 Å². The number of carbonyl (C=O) groups excluding carboxylic acids is 4. The molecule has 1 aromatic rings. The predicted molar refractivity (Wildman–Crippen MR) is 127 cm³/mol. The molecular formula is C24H29ClN2O9. The molecular weight excluding hydrogens is 496 g/mol. The zero-order valence-electron chi connectivity index (χ0n) is 20.1. The molecule has 1 unspecified atom stereocenters. The van der Waals surface area contributed by atoms with Crippen molar-refractivity contribution in [3.05, 3.63) is 34.1 Å². The standard InChI is InChI=1S/C24H29ClN2O9/c1-11-8-13(28)9-15(29)18(11)21(30)19-16(34-3)10-14(20(25)22(19)31)24(33)27-26-23(32)12(2)36-17-6-4-5-7-35-17/h9-12,17-18,29,31H,4-8H2,1-3H3,(H,26,32)(H,27,33)/t11-,12+,17?,18-/m1/s1. The predicted octanol–water partition coefficient (Wildman–Crippen LogP) is 2.60. The molecule has 3 rings (SSSR count). The Labute approximate surface area is 212 Å². The largest absolute Gasteiger partial charge is 0.511 e. The first-order chi connectivity index (χ1) is 17.0. The van der Waals surface area contributed by atoms with Crippen LogP contribution in [0, 0.1) is 11.8 Å². The van der Waals surface area contributed by atoms with Gasteiger partial charge in [-0.05, 0) is 38.2 Å². The molecule has 12 heteroatoms. The Balaban J connectivity index is 1.75. The van der Waals surface area contributed by atoms with Gasteiger partial charge in [-0.25, -0.2) is 0 Å². The Hall–Kier alpha value is -3.15. The highest BCUT2D eigenvalue weighted by molar-refractivity contribution is 6.36. The average Bonchev–Trinajstić information content (AvgIpc) is 2.83. The van der Waals surface area contributed by atoms with Crippen LogP contribution in [-0.2, 0) is 19.1 Å². The van der Waals surface area contributed by atoms with Gasteiger partial charge in [0.25, 0.3) is 11.8 Å². The molecule has 36 heavy (non-hydrogen) atoms. The maximum Gasteiger partial charge on any atom is 0.271 e. The number of Topliss-reactive ketones (excluding diaryl/α,β-unsaturated/α-hetero) is 1. The average molecular weight is 525 g/mol. The van der Waals surface area contributed by atoms with E-state index in [1.165, 1.54) is 14.0 Å². The lowest BCUT2D eigenvalue weighted by Gasteiger charge is -2.26. The fourth-order valence-corrected chi connectivity index (χ4v) is 4.40. The van der Waals surface area contributed by atoms with Crippen LogP contribution in [0.25, 0.3) is 0 Å². The first-order valence-corrected chi connectivity index (χ1v) is 11.9. The maximum atomic E-state index is 13.2. The lowest BCUT2D eigenvalue weighted by atomic mass is 9.78. The number of methoxy groups -OCH3 is 1. The molecule has 1 aliphatic carbocycles. The number of phenolic OH excluding ortho intramolecular Hbond substituents is 1. The van der Waals surface area contributed by atoms with Crippen molar-refractivity contribution in [1.82, 2.24) is 10.9 Å². The number of ether oxygens (including phenoxy) is 3. The molecule has 4 atom stereocenters. The summed E-state index contributed by atoms with van der Waals surface area (Å²) < 4.78 is 16.2. The topological polar surface area (TPSA) is 160 Å². The molecule has 1 aliphatic heterocycles. The van der Waals surface area contributed by atoms with Crippen molar-refractivity contribution in [1.29, 1.82) is 0 Å². The van der Waals surface area contributed by atoms with E-state index in [2.05, 4.69) is 10.9 Å². The normalized spacial score (nSPS) is 22.8. The number of hydrazine groups is 1. The van der Waals surface area contributed by atoms with Gasteiger partial charge in [-0.2, -0.15) is 0 Å². The summed E-state index contributed by atoms with van der Waals surface area (Å²) in [6, 6.07) is 1.13. The summed E-state index contributed by atoms with van der Waals surface area (Å²) in [6.45, 7) is 3.67. The number of hydrogen-bond donors (Lipinski definition) is 4. The third kappa shape index (κ3) is 5.97. The van der Waals surface area contributed by atoms with Gasteiger partial charge in [0.1, 0.15) is 28.9 Å². The van der Waals surface area contributed by atoms with Gasteiger partial charge in [-0.1, -0.05) is 18.5 Å². The maximum absolute atomic E-state index is 13.2. The van der Waals surface area contributed by atoms with E-state index in [1.807, 2.05) is 0 Å². The lowest BCUT2D eigenvalue weighted by Crippen LogP contribution is -2.47. The molecule has 0 bridgehead atoms. The Morgan fingerprint density at radius 2 is 1.94 bits per heavy atom. The van der Waals surface area contributed by atoms with Gasteiger partial charge in [-0.3, -0.25) is 30.0 Å². The van der Waals surface area contributed by atoms with Crippen molar-refractivity contribution in [2.75, 3.05) is 13.7 Å². The van der Waals surface area contributed by atoms with Gasteiger partial charge in [0.15, 0.2) is 17.9 Å². The first kappa shape index (κ1) is 27.4. The third-order valence-corrected chi connectivity index (χ3v) is 6.46. The zero-order valence-corrected chi connectivity index (χ0v) is 20.9. The summed E-state index contributed by atoms with van der Waals surface area (Å²) in [4.78, 5) is 49.9. The monoisotopic (exact) mass is 524 g/mol. The van der Waals surface area contributed by atoms with Crippen LogP contribution in [0.5, 0.6) is 11.5 Å². The summed E-state index contributed by atoms with van der Waals surface area (Å²) in [5.74, 6) is -5.56. The summed E-state index contributed by atoms with van der Waals surface area (Å²) >= 11 is 6.20. The van der Waals surface area contributed by atoms with Crippen molar-refractivity contribution in [2.24, 2.45) is 11.8 Å². The van der Waals surface area contributed by atoms with Crippen LogP contribution < -0.4 is 15.6 Å². The van der Waals surface area contributed by atoms with Crippen LogP contribution in [0.4, 0.5) is 0 Å². The number of amides is 2. The van der Waals surface area contributed by atoms with E-state index in [9.17, 15) is 29.4 Å². The Kier molecular flexibility index (Phi) is 8.93. The van der Waals surface area contributed by atoms with Crippen molar-refractivity contribution < 1.29 is 43.6 Å². The van der Waals surface area contributed by atoms with Crippen LogP contribution in [0.2, 0.25) is 5.02 Å². The van der Waals surface area contributed by atoms with Crippen molar-refractivity contribution in [3.63, 3.8) is 0 Å². The second-order valence-corrected chi connectivity index (χ2v) is 9.12. The number of carbonyl (C=O) groups is 4. The number of phenols is 1. The van der Waals surface area contributed by atoms with Gasteiger partial charge < -0.3 is 24.4 Å². The number of benzene rings is 1. The number of allylic oxidation sites excluding steroid dienone is 2. The highest BCUT2D eigenvalue weighted by Crippen LogP contribution is 2.42. The molecule has 0 aromatic heterocycles. The molecule has 1 heterocycles. The number of aliphatic hydroxyl groups is 1. The summed E-state index contributed by atoms with van der Waals surface area (Å²) in [5.41, 5.74) is 3.78. The highest BCUT2D eigenvalue weighted by atomic mass is 35.5. The number of aliphatic hydroxyl groups excluding tert-OH is 1. The number of hydrogen-bond acceptors (Lipinski definition) is 9. The Bertz CT molecular complexity index is 1080. The van der Waals surface area contributed by atoms with E-state index in [-0.39, 0.29) is 29.1 Å². The molecule has 196 valence electrons. The molecule has 1 aromatic carbocycles. The fourth-order valence-electron chi connectivity index (χ4n) is 4.17. The van der Waals surface area contributed by atoms with E-state index in [1.54, 1.807) is 6.92 Å². The molecule has 11 nitrogen and oxygen atoms in total. The van der Waals surface area contributed by atoms with Crippen LogP contribution in [-0.4, -0.2) is 59.7 Å². The van der Waals surface area contributed by atoms with Crippen molar-refractivity contribution in [2.45, 2.75) is 51.9 Å². The third-order valence-electron chi connectivity index (χ3n) is 6.08. The van der Waals surface area contributed by atoms with Crippen LogP contribution in [0.15, 0.2) is 17.9 Å². The highest BCUT2D eigenvalue weighted by Gasteiger charge is 2.38. The van der Waals surface area contributed by atoms with Gasteiger partial charge in [0.05, 0.1) is 23.6 Å². The summed E-state index contributed by atoms with van der Waals surface area (Å²) in [5, 5.41) is 20.5. The zero-order chi connectivity index (χ0) is 26.6.